The zero-order valence-electron chi connectivity index (χ0n) is 10.7. The summed E-state index contributed by atoms with van der Waals surface area (Å²) in [6, 6.07) is 5.68. The lowest BCUT2D eigenvalue weighted by Crippen LogP contribution is -2.06. The van der Waals surface area contributed by atoms with Gasteiger partial charge in [-0.25, -0.2) is 9.97 Å². The predicted molar refractivity (Wildman–Crippen MR) is 77.3 cm³/mol. The van der Waals surface area contributed by atoms with E-state index in [9.17, 15) is 0 Å². The number of aryl methyl sites for hydroxylation is 1. The van der Waals surface area contributed by atoms with Crippen LogP contribution in [0.4, 0.5) is 10.8 Å². The fraction of sp³-hybridized carbons (Fsp3) is 0.231. The lowest BCUT2D eigenvalue weighted by molar-refractivity contribution is 0.453. The van der Waals surface area contributed by atoms with Crippen LogP contribution in [0.3, 0.4) is 0 Å². The molecule has 1 unspecified atom stereocenters. The second-order valence-corrected chi connectivity index (χ2v) is 5.45. The third-order valence-electron chi connectivity index (χ3n) is 2.76. The lowest BCUT2D eigenvalue weighted by atomic mass is 10.3. The molecule has 0 aliphatic heterocycles. The number of thiazole rings is 1. The largest absolute Gasteiger partial charge is 0.444 e. The number of nitrogens with two attached hydrogens (primary N) is 1. The smallest absolute Gasteiger partial charge is 0.216 e. The van der Waals surface area contributed by atoms with E-state index in [1.807, 2.05) is 32.0 Å². The highest BCUT2D eigenvalue weighted by molar-refractivity contribution is 7.22. The Morgan fingerprint density at radius 1 is 1.42 bits per heavy atom. The third kappa shape index (κ3) is 2.39. The Kier molecular flexibility index (Phi) is 2.87. The van der Waals surface area contributed by atoms with Crippen molar-refractivity contribution < 1.29 is 4.42 Å². The zero-order chi connectivity index (χ0) is 13.4. The fourth-order valence-corrected chi connectivity index (χ4v) is 2.82. The molecule has 2 heterocycles. The number of rotatable bonds is 3. The van der Waals surface area contributed by atoms with E-state index >= 15 is 0 Å². The van der Waals surface area contributed by atoms with Gasteiger partial charge in [-0.05, 0) is 32.0 Å². The van der Waals surface area contributed by atoms with Crippen LogP contribution in [-0.2, 0) is 0 Å². The predicted octanol–water partition coefficient (Wildman–Crippen LogP) is 3.35. The van der Waals surface area contributed by atoms with Gasteiger partial charge in [0.25, 0.3) is 0 Å². The second-order valence-electron chi connectivity index (χ2n) is 4.42. The molecule has 0 saturated heterocycles. The number of hydrogen-bond acceptors (Lipinski definition) is 6. The molecule has 0 aliphatic carbocycles. The number of nitrogens with one attached hydrogen (secondary N) is 1. The van der Waals surface area contributed by atoms with Crippen LogP contribution in [0.5, 0.6) is 0 Å². The maximum absolute atomic E-state index is 5.76. The second kappa shape index (κ2) is 4.55. The molecule has 5 nitrogen and oxygen atoms in total. The third-order valence-corrected chi connectivity index (χ3v) is 3.71. The first kappa shape index (κ1) is 12.0. The highest BCUT2D eigenvalue weighted by atomic mass is 32.1. The van der Waals surface area contributed by atoms with Gasteiger partial charge in [-0.15, -0.1) is 0 Å². The number of fused-ring (bicyclic) bond motifs is 1. The molecule has 0 saturated carbocycles. The summed E-state index contributed by atoms with van der Waals surface area (Å²) in [7, 11) is 0. The molecule has 0 radical (unpaired) electrons. The molecule has 0 aliphatic rings. The molecule has 0 amide bonds. The van der Waals surface area contributed by atoms with E-state index in [0.29, 0.717) is 5.89 Å². The Bertz CT molecular complexity index is 718. The molecule has 3 rings (SSSR count). The average molecular weight is 274 g/mol. The van der Waals surface area contributed by atoms with Gasteiger partial charge in [0, 0.05) is 5.69 Å². The SMILES string of the molecule is Cc1cnc(C(C)Nc2nc3ccc(N)cc3s2)o1. The molecular formula is C13H14N4OS. The maximum atomic E-state index is 5.76. The van der Waals surface area contributed by atoms with Crippen LogP contribution in [0.1, 0.15) is 24.6 Å². The number of anilines is 2. The van der Waals surface area contributed by atoms with Crippen LogP contribution in [0.15, 0.2) is 28.8 Å². The quantitative estimate of drug-likeness (QED) is 0.716. The Morgan fingerprint density at radius 3 is 3.00 bits per heavy atom. The minimum absolute atomic E-state index is 0.0217. The van der Waals surface area contributed by atoms with E-state index in [-0.39, 0.29) is 6.04 Å². The first-order valence-corrected chi connectivity index (χ1v) is 6.78. The van der Waals surface area contributed by atoms with Gasteiger partial charge in [0.05, 0.1) is 16.4 Å². The van der Waals surface area contributed by atoms with Gasteiger partial charge in [0.15, 0.2) is 5.13 Å². The summed E-state index contributed by atoms with van der Waals surface area (Å²) in [5.74, 6) is 1.47. The highest BCUT2D eigenvalue weighted by Gasteiger charge is 2.13. The first-order valence-electron chi connectivity index (χ1n) is 5.97. The maximum Gasteiger partial charge on any atom is 0.216 e. The number of oxazole rings is 1. The summed E-state index contributed by atoms with van der Waals surface area (Å²) in [5.41, 5.74) is 7.45. The Hall–Kier alpha value is -2.08. The minimum Gasteiger partial charge on any atom is -0.444 e. The number of nitrogen functional groups attached to an aromatic ring is 1. The molecule has 3 N–H and O–H groups in total. The topological polar surface area (TPSA) is 77.0 Å². The van der Waals surface area contributed by atoms with E-state index in [0.717, 1.165) is 26.8 Å². The van der Waals surface area contributed by atoms with E-state index in [4.69, 9.17) is 10.2 Å². The molecular weight excluding hydrogens is 260 g/mol. The van der Waals surface area contributed by atoms with E-state index in [1.54, 1.807) is 17.5 Å². The van der Waals surface area contributed by atoms with Crippen molar-refractivity contribution in [1.82, 2.24) is 9.97 Å². The molecule has 3 aromatic rings. The molecule has 1 aromatic carbocycles. The summed E-state index contributed by atoms with van der Waals surface area (Å²) in [5, 5.41) is 4.13. The highest BCUT2D eigenvalue weighted by Crippen LogP contribution is 2.29. The first-order chi connectivity index (χ1) is 9.11. The van der Waals surface area contributed by atoms with Gasteiger partial charge < -0.3 is 15.5 Å². The molecule has 1 atom stereocenters. The van der Waals surface area contributed by atoms with Gasteiger partial charge in [-0.1, -0.05) is 11.3 Å². The minimum atomic E-state index is -0.0217. The average Bonchev–Trinajstić information content (AvgIpc) is 2.94. The Labute approximate surface area is 114 Å². The van der Waals surface area contributed by atoms with Crippen LogP contribution in [0.2, 0.25) is 0 Å². The number of benzene rings is 1. The van der Waals surface area contributed by atoms with E-state index < -0.39 is 0 Å². The standard InChI is InChI=1S/C13H14N4OS/c1-7-6-15-12(18-7)8(2)16-13-17-10-4-3-9(14)5-11(10)19-13/h3-6,8H,14H2,1-2H3,(H,16,17). The van der Waals surface area contributed by atoms with Crippen molar-refractivity contribution in [1.29, 1.82) is 0 Å². The van der Waals surface area contributed by atoms with Crippen molar-refractivity contribution in [3.63, 3.8) is 0 Å². The zero-order valence-corrected chi connectivity index (χ0v) is 11.5. The molecule has 0 fully saturated rings. The molecule has 2 aromatic heterocycles. The van der Waals surface area contributed by atoms with Crippen LogP contribution >= 0.6 is 11.3 Å². The van der Waals surface area contributed by atoms with Gasteiger partial charge in [0.2, 0.25) is 5.89 Å². The molecule has 19 heavy (non-hydrogen) atoms. The number of hydrogen-bond donors (Lipinski definition) is 2. The van der Waals surface area contributed by atoms with Gasteiger partial charge in [-0.2, -0.15) is 0 Å². The van der Waals surface area contributed by atoms with Crippen LogP contribution < -0.4 is 11.1 Å². The van der Waals surface area contributed by atoms with Crippen molar-refractivity contribution >= 4 is 32.4 Å². The molecule has 98 valence electrons. The summed E-state index contributed by atoms with van der Waals surface area (Å²) in [6.45, 7) is 3.87. The monoisotopic (exact) mass is 274 g/mol. The number of nitrogens with zero attached hydrogens (tertiary/aromatic N) is 2. The summed E-state index contributed by atoms with van der Waals surface area (Å²) < 4.78 is 6.56. The van der Waals surface area contributed by atoms with Crippen LogP contribution in [0, 0.1) is 6.92 Å². The Balaban J connectivity index is 1.85. The molecule has 6 heteroatoms. The van der Waals surface area contributed by atoms with Crippen molar-refractivity contribution in [2.75, 3.05) is 11.1 Å². The normalized spacial score (nSPS) is 12.7. The number of aromatic nitrogens is 2. The van der Waals surface area contributed by atoms with Gasteiger partial charge >= 0.3 is 0 Å². The van der Waals surface area contributed by atoms with Crippen LogP contribution in [-0.4, -0.2) is 9.97 Å². The lowest BCUT2D eigenvalue weighted by Gasteiger charge is -2.07. The molecule has 0 spiro atoms. The van der Waals surface area contributed by atoms with Gasteiger partial charge in [0.1, 0.15) is 11.8 Å². The Morgan fingerprint density at radius 2 is 2.26 bits per heavy atom. The summed E-state index contributed by atoms with van der Waals surface area (Å²) >= 11 is 1.57. The van der Waals surface area contributed by atoms with Crippen LogP contribution in [0.25, 0.3) is 10.2 Å². The summed E-state index contributed by atoms with van der Waals surface area (Å²) in [4.78, 5) is 8.72. The summed E-state index contributed by atoms with van der Waals surface area (Å²) in [6.07, 6.45) is 1.71. The van der Waals surface area contributed by atoms with Crippen molar-refractivity contribution in [2.45, 2.75) is 19.9 Å². The molecule has 0 bridgehead atoms. The van der Waals surface area contributed by atoms with Crippen molar-refractivity contribution in [3.05, 3.63) is 36.0 Å². The fourth-order valence-electron chi connectivity index (χ4n) is 1.82. The van der Waals surface area contributed by atoms with E-state index in [2.05, 4.69) is 15.3 Å². The van der Waals surface area contributed by atoms with Crippen molar-refractivity contribution in [3.8, 4) is 0 Å². The van der Waals surface area contributed by atoms with E-state index in [1.165, 1.54) is 0 Å². The van der Waals surface area contributed by atoms with Gasteiger partial charge in [-0.3, -0.25) is 0 Å². The van der Waals surface area contributed by atoms with Crippen molar-refractivity contribution in [2.24, 2.45) is 0 Å².